The lowest BCUT2D eigenvalue weighted by Crippen LogP contribution is -2.47. The third-order valence-electron chi connectivity index (χ3n) is 4.63. The van der Waals surface area contributed by atoms with E-state index in [1.807, 2.05) is 17.9 Å². The summed E-state index contributed by atoms with van der Waals surface area (Å²) in [6.07, 6.45) is 5.62. The monoisotopic (exact) mass is 384 g/mol. The van der Waals surface area contributed by atoms with Gasteiger partial charge in [-0.3, -0.25) is 4.79 Å². The quantitative estimate of drug-likeness (QED) is 0.414. The van der Waals surface area contributed by atoms with E-state index in [1.54, 1.807) is 17.4 Å². The summed E-state index contributed by atoms with van der Waals surface area (Å²) in [6, 6.07) is 2.28. The van der Waals surface area contributed by atoms with Crippen molar-refractivity contribution < 1.29 is 4.79 Å². The number of carbonyl (C=O) groups excluding carboxylic acids is 1. The molecule has 2 heterocycles. The molecule has 0 radical (unpaired) electrons. The Labute approximate surface area is 168 Å². The second-order valence-electron chi connectivity index (χ2n) is 8.29. The summed E-state index contributed by atoms with van der Waals surface area (Å²) in [6.45, 7) is 16.3. The van der Waals surface area contributed by atoms with Crippen LogP contribution in [-0.2, 0) is 4.79 Å². The second-order valence-corrected chi connectivity index (χ2v) is 9.54. The van der Waals surface area contributed by atoms with Crippen molar-refractivity contribution in [3.63, 3.8) is 0 Å². The van der Waals surface area contributed by atoms with Crippen LogP contribution in [0.15, 0.2) is 30.4 Å². The molecular weight excluding hydrogens is 352 g/mol. The summed E-state index contributed by atoms with van der Waals surface area (Å²) in [5.74, 6) is 6.59. The zero-order chi connectivity index (χ0) is 20.2. The van der Waals surface area contributed by atoms with Crippen molar-refractivity contribution in [2.45, 2.75) is 53.5 Å². The molecule has 0 N–H and O–H groups in total. The molecule has 1 fully saturated rings. The topological polar surface area (TPSA) is 23.6 Å². The largest absolute Gasteiger partial charge is 0.306 e. The molecule has 1 aromatic heterocycles. The Morgan fingerprint density at radius 3 is 2.56 bits per heavy atom. The SMILES string of the molecule is C=C(/C=C\C)C(=O)N(c1cc(C#CC(C)(C)C)sc1C)C1CCN(C)CC1. The third-order valence-corrected chi connectivity index (χ3v) is 5.58. The van der Waals surface area contributed by atoms with Crippen LogP contribution < -0.4 is 4.90 Å². The third kappa shape index (κ3) is 5.82. The van der Waals surface area contributed by atoms with Gasteiger partial charge in [0.25, 0.3) is 5.91 Å². The van der Waals surface area contributed by atoms with Crippen molar-refractivity contribution in [2.75, 3.05) is 25.0 Å². The number of hydrogen-bond acceptors (Lipinski definition) is 3. The normalized spacial score (nSPS) is 16.2. The molecule has 0 saturated carbocycles. The van der Waals surface area contributed by atoms with Gasteiger partial charge >= 0.3 is 0 Å². The molecule has 0 unspecified atom stereocenters. The summed E-state index contributed by atoms with van der Waals surface area (Å²) in [5, 5.41) is 0. The summed E-state index contributed by atoms with van der Waals surface area (Å²) >= 11 is 1.66. The highest BCUT2D eigenvalue weighted by molar-refractivity contribution is 7.13. The average molecular weight is 385 g/mol. The number of hydrogen-bond donors (Lipinski definition) is 0. The van der Waals surface area contributed by atoms with E-state index >= 15 is 0 Å². The Hall–Kier alpha value is -1.83. The first kappa shape index (κ1) is 21.5. The van der Waals surface area contributed by atoms with Gasteiger partial charge in [0.2, 0.25) is 0 Å². The average Bonchev–Trinajstić information content (AvgIpc) is 2.95. The number of carbonyl (C=O) groups is 1. The lowest BCUT2D eigenvalue weighted by Gasteiger charge is -2.37. The molecule has 1 saturated heterocycles. The van der Waals surface area contributed by atoms with Gasteiger partial charge in [0.15, 0.2) is 0 Å². The van der Waals surface area contributed by atoms with E-state index in [-0.39, 0.29) is 17.4 Å². The van der Waals surface area contributed by atoms with Crippen LogP contribution in [0.3, 0.4) is 0 Å². The number of thiophene rings is 1. The summed E-state index contributed by atoms with van der Waals surface area (Å²) in [5.41, 5.74) is 1.48. The molecule has 2 rings (SSSR count). The first-order valence-corrected chi connectivity index (χ1v) is 10.4. The smallest absolute Gasteiger partial charge is 0.257 e. The number of allylic oxidation sites excluding steroid dienone is 1. The van der Waals surface area contributed by atoms with Gasteiger partial charge in [0.05, 0.1) is 10.6 Å². The maximum absolute atomic E-state index is 13.2. The van der Waals surface area contributed by atoms with E-state index in [9.17, 15) is 4.79 Å². The fourth-order valence-electron chi connectivity index (χ4n) is 3.17. The van der Waals surface area contributed by atoms with E-state index in [0.717, 1.165) is 41.4 Å². The minimum atomic E-state index is -0.0400. The molecular formula is C23H32N2OS. The molecule has 0 spiro atoms. The lowest BCUT2D eigenvalue weighted by molar-refractivity contribution is -0.115. The molecule has 1 amide bonds. The predicted octanol–water partition coefficient (Wildman–Crippen LogP) is 5.01. The van der Waals surface area contributed by atoms with Crippen LogP contribution in [-0.4, -0.2) is 37.0 Å². The summed E-state index contributed by atoms with van der Waals surface area (Å²) in [7, 11) is 2.14. The predicted molar refractivity (Wildman–Crippen MR) is 117 cm³/mol. The van der Waals surface area contributed by atoms with Crippen molar-refractivity contribution in [1.29, 1.82) is 0 Å². The highest BCUT2D eigenvalue weighted by Gasteiger charge is 2.30. The number of likely N-dealkylation sites (tertiary alicyclic amines) is 1. The molecule has 1 aliphatic heterocycles. The Morgan fingerprint density at radius 2 is 2.00 bits per heavy atom. The van der Waals surface area contributed by atoms with Crippen LogP contribution in [0.25, 0.3) is 0 Å². The van der Waals surface area contributed by atoms with E-state index in [2.05, 4.69) is 64.1 Å². The molecule has 4 heteroatoms. The van der Waals surface area contributed by atoms with Gasteiger partial charge in [-0.25, -0.2) is 0 Å². The van der Waals surface area contributed by atoms with Crippen LogP contribution in [0.5, 0.6) is 0 Å². The molecule has 1 aliphatic rings. The number of rotatable bonds is 4. The van der Waals surface area contributed by atoms with Crippen molar-refractivity contribution in [2.24, 2.45) is 5.41 Å². The van der Waals surface area contributed by atoms with Crippen molar-refractivity contribution in [1.82, 2.24) is 4.90 Å². The molecule has 146 valence electrons. The van der Waals surface area contributed by atoms with Gasteiger partial charge in [0, 0.05) is 21.9 Å². The highest BCUT2D eigenvalue weighted by Crippen LogP contribution is 2.34. The molecule has 0 aliphatic carbocycles. The van der Waals surface area contributed by atoms with Gasteiger partial charge in [-0.1, -0.05) is 30.6 Å². The second kappa shape index (κ2) is 8.91. The van der Waals surface area contributed by atoms with E-state index in [1.165, 1.54) is 0 Å². The Bertz CT molecular complexity index is 778. The Morgan fingerprint density at radius 1 is 1.37 bits per heavy atom. The first-order chi connectivity index (χ1) is 12.6. The van der Waals surface area contributed by atoms with E-state index < -0.39 is 0 Å². The minimum Gasteiger partial charge on any atom is -0.306 e. The zero-order valence-corrected chi connectivity index (χ0v) is 18.4. The fourth-order valence-corrected chi connectivity index (χ4v) is 4.04. The number of anilines is 1. The fraction of sp³-hybridized carbons (Fsp3) is 0.522. The van der Waals surface area contributed by atoms with Crippen LogP contribution in [0.1, 0.15) is 50.3 Å². The molecule has 0 aromatic carbocycles. The maximum Gasteiger partial charge on any atom is 0.257 e. The Balaban J connectivity index is 2.41. The lowest BCUT2D eigenvalue weighted by atomic mass is 9.98. The van der Waals surface area contributed by atoms with Gasteiger partial charge in [-0.05, 0) is 73.7 Å². The summed E-state index contributed by atoms with van der Waals surface area (Å²) < 4.78 is 0. The van der Waals surface area contributed by atoms with E-state index in [4.69, 9.17) is 0 Å². The van der Waals surface area contributed by atoms with Gasteiger partial charge in [-0.15, -0.1) is 11.3 Å². The zero-order valence-electron chi connectivity index (χ0n) is 17.6. The van der Waals surface area contributed by atoms with Gasteiger partial charge < -0.3 is 9.80 Å². The van der Waals surface area contributed by atoms with Crippen LogP contribution >= 0.6 is 11.3 Å². The van der Waals surface area contributed by atoms with E-state index in [0.29, 0.717) is 5.57 Å². The number of aryl methyl sites for hydroxylation is 1. The van der Waals surface area contributed by atoms with Crippen LogP contribution in [0.4, 0.5) is 5.69 Å². The van der Waals surface area contributed by atoms with Crippen LogP contribution in [0.2, 0.25) is 0 Å². The maximum atomic E-state index is 13.2. The van der Waals surface area contributed by atoms with Gasteiger partial charge in [-0.2, -0.15) is 0 Å². The number of nitrogens with zero attached hydrogens (tertiary/aromatic N) is 2. The molecule has 0 bridgehead atoms. The van der Waals surface area contributed by atoms with Crippen molar-refractivity contribution >= 4 is 22.9 Å². The minimum absolute atomic E-state index is 0.00103. The van der Waals surface area contributed by atoms with Crippen molar-refractivity contribution in [3.05, 3.63) is 40.1 Å². The standard InChI is InChI=1S/C23H32N2OS/c1-8-9-17(2)22(26)25(19-11-14-24(7)15-12-19)21-16-20(27-18(21)3)10-13-23(4,5)6/h8-9,16,19H,2,11-12,14-15H2,1,3-7H3/b9-8-. The number of piperidine rings is 1. The van der Waals surface area contributed by atoms with Crippen LogP contribution in [0, 0.1) is 24.2 Å². The molecule has 0 atom stereocenters. The van der Waals surface area contributed by atoms with Crippen molar-refractivity contribution in [3.8, 4) is 11.8 Å². The molecule has 27 heavy (non-hydrogen) atoms. The first-order valence-electron chi connectivity index (χ1n) is 9.59. The molecule has 1 aromatic rings. The molecule has 3 nitrogen and oxygen atoms in total. The Kier molecular flexibility index (Phi) is 7.08. The summed E-state index contributed by atoms with van der Waals surface area (Å²) in [4.78, 5) is 19.7. The number of amides is 1. The highest BCUT2D eigenvalue weighted by atomic mass is 32.1. The van der Waals surface area contributed by atoms with Gasteiger partial charge in [0.1, 0.15) is 0 Å².